The van der Waals surface area contributed by atoms with E-state index in [4.69, 9.17) is 4.74 Å². The van der Waals surface area contributed by atoms with E-state index in [1.165, 1.54) is 0 Å². The van der Waals surface area contributed by atoms with E-state index in [0.717, 1.165) is 24.3 Å². The average molecular weight is 336 g/mol. The molecule has 2 aromatic carbocycles. The Morgan fingerprint density at radius 2 is 1.83 bits per heavy atom. The van der Waals surface area contributed by atoms with E-state index in [0.29, 0.717) is 11.4 Å². The van der Waals surface area contributed by atoms with Crippen LogP contribution in [0, 0.1) is 5.82 Å². The molecule has 0 bridgehead atoms. The van der Waals surface area contributed by atoms with E-state index in [-0.39, 0.29) is 11.4 Å². The van der Waals surface area contributed by atoms with Crippen molar-refractivity contribution >= 4 is 21.6 Å². The first-order chi connectivity index (χ1) is 11.0. The van der Waals surface area contributed by atoms with Gasteiger partial charge in [0.05, 0.1) is 17.1 Å². The minimum atomic E-state index is -3.85. The molecule has 1 amide bonds. The first-order valence-electron chi connectivity index (χ1n) is 6.77. The van der Waals surface area contributed by atoms with Crippen LogP contribution in [0.5, 0.6) is 5.75 Å². The highest BCUT2D eigenvalue weighted by molar-refractivity contribution is 7.89. The molecule has 3 rings (SSSR count). The molecule has 1 unspecified atom stereocenters. The second kappa shape index (κ2) is 5.98. The van der Waals surface area contributed by atoms with Gasteiger partial charge in [-0.25, -0.2) is 17.5 Å². The number of carbonyl (C=O) groups is 1. The molecular formula is C15H13FN2O4S. The lowest BCUT2D eigenvalue weighted by molar-refractivity contribution is -0.123. The van der Waals surface area contributed by atoms with Crippen molar-refractivity contribution in [1.29, 1.82) is 0 Å². The minimum absolute atomic E-state index is 0.0875. The Bertz CT molecular complexity index is 837. The number of carbonyl (C=O) groups excluding carboxylic acids is 1. The van der Waals surface area contributed by atoms with Crippen molar-refractivity contribution in [3.05, 3.63) is 54.3 Å². The topological polar surface area (TPSA) is 84.5 Å². The molecule has 1 aliphatic rings. The number of benzene rings is 2. The second-order valence-corrected chi connectivity index (χ2v) is 6.66. The lowest BCUT2D eigenvalue weighted by atomic mass is 10.2. The molecule has 120 valence electrons. The highest BCUT2D eigenvalue weighted by atomic mass is 32.2. The van der Waals surface area contributed by atoms with Crippen LogP contribution in [-0.4, -0.2) is 27.0 Å². The Labute approximate surface area is 132 Å². The third-order valence-corrected chi connectivity index (χ3v) is 4.73. The van der Waals surface area contributed by atoms with Gasteiger partial charge in [-0.3, -0.25) is 4.79 Å². The van der Waals surface area contributed by atoms with Crippen molar-refractivity contribution in [3.8, 4) is 5.75 Å². The largest absolute Gasteiger partial charge is 0.477 e. The Morgan fingerprint density at radius 3 is 2.57 bits per heavy atom. The summed E-state index contributed by atoms with van der Waals surface area (Å²) in [6.07, 6.45) is -0.986. The number of nitrogens with one attached hydrogen (secondary N) is 2. The Balaban J connectivity index is 1.71. The monoisotopic (exact) mass is 336 g/mol. The maximum absolute atomic E-state index is 12.9. The van der Waals surface area contributed by atoms with Crippen LogP contribution in [0.25, 0.3) is 0 Å². The van der Waals surface area contributed by atoms with E-state index in [1.54, 1.807) is 24.3 Å². The number of amides is 1. The zero-order valence-electron chi connectivity index (χ0n) is 11.8. The molecule has 2 aromatic rings. The molecule has 0 spiro atoms. The summed E-state index contributed by atoms with van der Waals surface area (Å²) in [7, 11) is -3.85. The number of ether oxygens (including phenoxy) is 1. The quantitative estimate of drug-likeness (QED) is 0.886. The Kier molecular flexibility index (Phi) is 4.01. The second-order valence-electron chi connectivity index (χ2n) is 4.90. The summed E-state index contributed by atoms with van der Waals surface area (Å²) in [6.45, 7) is -0.236. The molecule has 0 saturated heterocycles. The van der Waals surface area contributed by atoms with E-state index < -0.39 is 27.9 Å². The highest BCUT2D eigenvalue weighted by Gasteiger charge is 2.29. The van der Waals surface area contributed by atoms with Gasteiger partial charge in [-0.15, -0.1) is 0 Å². The van der Waals surface area contributed by atoms with Crippen LogP contribution in [0.1, 0.15) is 0 Å². The summed E-state index contributed by atoms with van der Waals surface area (Å²) in [4.78, 5) is 11.8. The van der Waals surface area contributed by atoms with Crippen LogP contribution in [0.15, 0.2) is 53.4 Å². The number of hydrogen-bond acceptors (Lipinski definition) is 4. The van der Waals surface area contributed by atoms with E-state index in [1.807, 2.05) is 0 Å². The van der Waals surface area contributed by atoms with Crippen LogP contribution in [-0.2, 0) is 14.8 Å². The molecule has 1 aliphatic heterocycles. The first-order valence-corrected chi connectivity index (χ1v) is 8.26. The van der Waals surface area contributed by atoms with Gasteiger partial charge in [0.25, 0.3) is 5.91 Å². The van der Waals surface area contributed by atoms with Crippen molar-refractivity contribution in [2.24, 2.45) is 0 Å². The molecular weight excluding hydrogens is 323 g/mol. The fourth-order valence-corrected chi connectivity index (χ4v) is 3.14. The number of halogens is 1. The molecule has 0 aromatic heterocycles. The number of para-hydroxylation sites is 2. The van der Waals surface area contributed by atoms with Crippen molar-refractivity contribution in [2.45, 2.75) is 11.0 Å². The van der Waals surface area contributed by atoms with Crippen LogP contribution >= 0.6 is 0 Å². The van der Waals surface area contributed by atoms with Gasteiger partial charge in [0, 0.05) is 0 Å². The van der Waals surface area contributed by atoms with Gasteiger partial charge in [-0.1, -0.05) is 12.1 Å². The van der Waals surface area contributed by atoms with E-state index in [2.05, 4.69) is 10.0 Å². The summed E-state index contributed by atoms with van der Waals surface area (Å²) in [5.74, 6) is -0.501. The number of hydrogen-bond donors (Lipinski definition) is 2. The zero-order valence-corrected chi connectivity index (χ0v) is 12.6. The predicted molar refractivity (Wildman–Crippen MR) is 81.1 cm³/mol. The molecule has 0 aliphatic carbocycles. The average Bonchev–Trinajstić information content (AvgIpc) is 2.53. The van der Waals surface area contributed by atoms with Crippen molar-refractivity contribution in [2.75, 3.05) is 11.9 Å². The third kappa shape index (κ3) is 3.33. The molecule has 23 heavy (non-hydrogen) atoms. The van der Waals surface area contributed by atoms with E-state index >= 15 is 0 Å². The van der Waals surface area contributed by atoms with Crippen molar-refractivity contribution in [1.82, 2.24) is 4.72 Å². The van der Waals surface area contributed by atoms with Crippen LogP contribution in [0.3, 0.4) is 0 Å². The summed E-state index contributed by atoms with van der Waals surface area (Å²) in [5, 5.41) is 2.65. The first kappa shape index (κ1) is 15.4. The van der Waals surface area contributed by atoms with E-state index in [9.17, 15) is 17.6 Å². The fraction of sp³-hybridized carbons (Fsp3) is 0.133. The fourth-order valence-electron chi connectivity index (χ4n) is 2.11. The lowest BCUT2D eigenvalue weighted by Gasteiger charge is -2.25. The molecule has 1 atom stereocenters. The van der Waals surface area contributed by atoms with Gasteiger partial charge in [-0.05, 0) is 36.4 Å². The van der Waals surface area contributed by atoms with Gasteiger partial charge in [0.2, 0.25) is 10.0 Å². The van der Waals surface area contributed by atoms with Crippen LogP contribution < -0.4 is 14.8 Å². The molecule has 8 heteroatoms. The SMILES string of the molecule is O=C1Nc2ccccc2OC1CNS(=O)(=O)c1ccc(F)cc1. The molecule has 0 radical (unpaired) electrons. The maximum atomic E-state index is 12.9. The van der Waals surface area contributed by atoms with Gasteiger partial charge >= 0.3 is 0 Å². The van der Waals surface area contributed by atoms with Gasteiger partial charge in [0.15, 0.2) is 6.10 Å². The molecule has 0 fully saturated rings. The zero-order chi connectivity index (χ0) is 16.4. The van der Waals surface area contributed by atoms with Gasteiger partial charge in [-0.2, -0.15) is 0 Å². The Hall–Kier alpha value is -2.45. The predicted octanol–water partition coefficient (Wildman–Crippen LogP) is 1.50. The lowest BCUT2D eigenvalue weighted by Crippen LogP contribution is -2.45. The highest BCUT2D eigenvalue weighted by Crippen LogP contribution is 2.28. The summed E-state index contributed by atoms with van der Waals surface area (Å²) < 4.78 is 44.9. The molecule has 6 nitrogen and oxygen atoms in total. The Morgan fingerprint density at radius 1 is 1.13 bits per heavy atom. The molecule has 0 saturated carbocycles. The van der Waals surface area contributed by atoms with Gasteiger partial charge < -0.3 is 10.1 Å². The van der Waals surface area contributed by atoms with Crippen molar-refractivity contribution in [3.63, 3.8) is 0 Å². The summed E-state index contributed by atoms with van der Waals surface area (Å²) >= 11 is 0. The number of sulfonamides is 1. The van der Waals surface area contributed by atoms with Crippen molar-refractivity contribution < 1.29 is 22.3 Å². The normalized spacial score (nSPS) is 17.1. The molecule has 2 N–H and O–H groups in total. The van der Waals surface area contributed by atoms with Crippen LogP contribution in [0.4, 0.5) is 10.1 Å². The number of anilines is 1. The summed E-state index contributed by atoms with van der Waals surface area (Å²) in [5.41, 5.74) is 0.537. The minimum Gasteiger partial charge on any atom is -0.477 e. The summed E-state index contributed by atoms with van der Waals surface area (Å²) in [6, 6.07) is 11.3. The maximum Gasteiger partial charge on any atom is 0.266 e. The molecule has 1 heterocycles. The number of fused-ring (bicyclic) bond motifs is 1. The smallest absolute Gasteiger partial charge is 0.266 e. The number of rotatable bonds is 4. The standard InChI is InChI=1S/C15H13FN2O4S/c16-10-5-7-11(8-6-10)23(20,21)17-9-14-15(19)18-12-3-1-2-4-13(12)22-14/h1-8,14,17H,9H2,(H,18,19). The van der Waals surface area contributed by atoms with Gasteiger partial charge in [0.1, 0.15) is 11.6 Å². The third-order valence-electron chi connectivity index (χ3n) is 3.29. The van der Waals surface area contributed by atoms with Crippen LogP contribution in [0.2, 0.25) is 0 Å².